The molecule has 18 heavy (non-hydrogen) atoms. The first-order valence-electron chi connectivity index (χ1n) is 6.49. The minimum absolute atomic E-state index is 0.225. The molecule has 1 rings (SSSR count). The highest BCUT2D eigenvalue weighted by Gasteiger charge is 2.22. The van der Waals surface area contributed by atoms with Gasteiger partial charge in [-0.15, -0.1) is 0 Å². The van der Waals surface area contributed by atoms with Crippen molar-refractivity contribution in [2.24, 2.45) is 5.92 Å². The van der Waals surface area contributed by atoms with E-state index in [0.29, 0.717) is 5.92 Å². The normalized spacial score (nSPS) is 12.5. The van der Waals surface area contributed by atoms with Gasteiger partial charge in [0.15, 0.2) is 0 Å². The van der Waals surface area contributed by atoms with Crippen LogP contribution < -0.4 is 5.32 Å². The van der Waals surface area contributed by atoms with Crippen LogP contribution in [0.25, 0.3) is 0 Å². The maximum absolute atomic E-state index is 11.9. The number of hydrogen-bond acceptors (Lipinski definition) is 3. The summed E-state index contributed by atoms with van der Waals surface area (Å²) in [5, 5.41) is 3.29. The van der Waals surface area contributed by atoms with Gasteiger partial charge in [-0.2, -0.15) is 0 Å². The monoisotopic (exact) mass is 249 g/mol. The summed E-state index contributed by atoms with van der Waals surface area (Å²) >= 11 is 0. The molecule has 3 nitrogen and oxygen atoms in total. The van der Waals surface area contributed by atoms with Crippen LogP contribution in [-0.4, -0.2) is 19.6 Å². The van der Waals surface area contributed by atoms with Crippen molar-refractivity contribution in [3.8, 4) is 0 Å². The third-order valence-electron chi connectivity index (χ3n) is 2.91. The Morgan fingerprint density at radius 1 is 1.33 bits per heavy atom. The van der Waals surface area contributed by atoms with Gasteiger partial charge in [0.05, 0.1) is 7.11 Å². The fourth-order valence-electron chi connectivity index (χ4n) is 1.93. The van der Waals surface area contributed by atoms with Gasteiger partial charge in [0.2, 0.25) is 0 Å². The molecule has 1 atom stereocenters. The van der Waals surface area contributed by atoms with Crippen molar-refractivity contribution < 1.29 is 9.53 Å². The van der Waals surface area contributed by atoms with Crippen LogP contribution in [-0.2, 0) is 16.0 Å². The molecule has 1 N–H and O–H groups in total. The zero-order valence-corrected chi connectivity index (χ0v) is 11.7. The highest BCUT2D eigenvalue weighted by atomic mass is 16.5. The van der Waals surface area contributed by atoms with Gasteiger partial charge in [-0.3, -0.25) is 0 Å². The summed E-state index contributed by atoms with van der Waals surface area (Å²) in [6.07, 6.45) is 0.910. The largest absolute Gasteiger partial charge is 0.468 e. The zero-order valence-electron chi connectivity index (χ0n) is 11.7. The summed E-state index contributed by atoms with van der Waals surface area (Å²) < 4.78 is 4.90. The van der Waals surface area contributed by atoms with Crippen molar-refractivity contribution in [3.63, 3.8) is 0 Å². The third-order valence-corrected chi connectivity index (χ3v) is 2.91. The second-order valence-corrected chi connectivity index (χ2v) is 4.81. The number of rotatable bonds is 6. The fourth-order valence-corrected chi connectivity index (χ4v) is 1.93. The Morgan fingerprint density at radius 2 is 2.00 bits per heavy atom. The fraction of sp³-hybridized carbons (Fsp3) is 0.533. The van der Waals surface area contributed by atoms with E-state index in [1.165, 1.54) is 12.7 Å². The molecule has 0 heterocycles. The highest BCUT2D eigenvalue weighted by Crippen LogP contribution is 2.20. The molecule has 1 aromatic carbocycles. The molecule has 0 amide bonds. The molecule has 0 aliphatic carbocycles. The Balaban J connectivity index is 2.97. The van der Waals surface area contributed by atoms with E-state index in [1.807, 2.05) is 18.2 Å². The Hall–Kier alpha value is -1.35. The average Bonchev–Trinajstić information content (AvgIpc) is 2.38. The number of esters is 1. The van der Waals surface area contributed by atoms with Crippen LogP contribution in [0.4, 0.5) is 0 Å². The Labute approximate surface area is 110 Å². The molecule has 0 aliphatic heterocycles. The van der Waals surface area contributed by atoms with Crippen LogP contribution in [0, 0.1) is 5.92 Å². The van der Waals surface area contributed by atoms with Gasteiger partial charge in [-0.25, -0.2) is 4.79 Å². The van der Waals surface area contributed by atoms with Crippen LogP contribution >= 0.6 is 0 Å². The smallest absolute Gasteiger partial charge is 0.327 e. The van der Waals surface area contributed by atoms with Crippen LogP contribution in [0.5, 0.6) is 0 Å². The van der Waals surface area contributed by atoms with E-state index in [4.69, 9.17) is 4.74 Å². The van der Waals surface area contributed by atoms with E-state index in [1.54, 1.807) is 0 Å². The quantitative estimate of drug-likeness (QED) is 0.788. The first-order valence-corrected chi connectivity index (χ1v) is 6.49. The lowest BCUT2D eigenvalue weighted by Crippen LogP contribution is -2.32. The minimum atomic E-state index is -0.367. The lowest BCUT2D eigenvalue weighted by Gasteiger charge is -2.20. The van der Waals surface area contributed by atoms with Crippen molar-refractivity contribution >= 4 is 5.97 Å². The van der Waals surface area contributed by atoms with Crippen molar-refractivity contribution in [1.82, 2.24) is 5.32 Å². The maximum Gasteiger partial charge on any atom is 0.327 e. The van der Waals surface area contributed by atoms with Crippen molar-refractivity contribution in [2.45, 2.75) is 33.2 Å². The van der Waals surface area contributed by atoms with Gasteiger partial charge >= 0.3 is 5.97 Å². The summed E-state index contributed by atoms with van der Waals surface area (Å²) in [7, 11) is 1.43. The Bertz CT molecular complexity index is 388. The van der Waals surface area contributed by atoms with E-state index >= 15 is 0 Å². The second-order valence-electron chi connectivity index (χ2n) is 4.81. The van der Waals surface area contributed by atoms with E-state index in [2.05, 4.69) is 32.2 Å². The van der Waals surface area contributed by atoms with Crippen molar-refractivity contribution in [2.75, 3.05) is 13.7 Å². The first-order chi connectivity index (χ1) is 8.60. The van der Waals surface area contributed by atoms with Gasteiger partial charge in [0.1, 0.15) is 6.04 Å². The molecular formula is C15H23NO2. The van der Waals surface area contributed by atoms with Crippen LogP contribution in [0.3, 0.4) is 0 Å². The number of methoxy groups -OCH3 is 1. The number of carbonyl (C=O) groups excluding carboxylic acids is 1. The van der Waals surface area contributed by atoms with Gasteiger partial charge in [0.25, 0.3) is 0 Å². The molecule has 0 fully saturated rings. The maximum atomic E-state index is 11.9. The number of carbonyl (C=O) groups is 1. The van der Waals surface area contributed by atoms with E-state index < -0.39 is 0 Å². The molecule has 100 valence electrons. The summed E-state index contributed by atoms with van der Waals surface area (Å²) in [6, 6.07) is 7.64. The zero-order chi connectivity index (χ0) is 13.5. The summed E-state index contributed by atoms with van der Waals surface area (Å²) in [4.78, 5) is 11.9. The van der Waals surface area contributed by atoms with Crippen LogP contribution in [0.1, 0.15) is 37.9 Å². The molecule has 0 aromatic heterocycles. The Morgan fingerprint density at radius 3 is 2.56 bits per heavy atom. The minimum Gasteiger partial charge on any atom is -0.468 e. The number of hydrogen-bond donors (Lipinski definition) is 1. The molecule has 1 aromatic rings. The lowest BCUT2D eigenvalue weighted by molar-refractivity contribution is -0.143. The topological polar surface area (TPSA) is 38.3 Å². The lowest BCUT2D eigenvalue weighted by atomic mass is 9.98. The molecule has 1 unspecified atom stereocenters. The molecule has 0 radical (unpaired) electrons. The predicted molar refractivity (Wildman–Crippen MR) is 73.4 cm³/mol. The number of benzene rings is 1. The number of ether oxygens (including phenoxy) is 1. The number of nitrogens with one attached hydrogen (secondary N) is 1. The molecule has 0 saturated carbocycles. The SMILES string of the molecule is CCc1ccccc1C(NCC(C)C)C(=O)OC. The summed E-state index contributed by atoms with van der Waals surface area (Å²) in [6.45, 7) is 7.12. The molecule has 0 spiro atoms. The van der Waals surface area contributed by atoms with Gasteiger partial charge in [0, 0.05) is 0 Å². The molecular weight excluding hydrogens is 226 g/mol. The molecule has 0 bridgehead atoms. The highest BCUT2D eigenvalue weighted by molar-refractivity contribution is 5.78. The average molecular weight is 249 g/mol. The summed E-state index contributed by atoms with van der Waals surface area (Å²) in [5.74, 6) is 0.266. The Kier molecular flexibility index (Phi) is 5.86. The second kappa shape index (κ2) is 7.17. The van der Waals surface area contributed by atoms with E-state index in [9.17, 15) is 4.79 Å². The molecule has 0 saturated heterocycles. The van der Waals surface area contributed by atoms with Gasteiger partial charge < -0.3 is 10.1 Å². The molecule has 3 heteroatoms. The van der Waals surface area contributed by atoms with Gasteiger partial charge in [-0.1, -0.05) is 45.0 Å². The predicted octanol–water partition coefficient (Wildman–Crippen LogP) is 2.71. The van der Waals surface area contributed by atoms with Crippen molar-refractivity contribution in [3.05, 3.63) is 35.4 Å². The number of aryl methyl sites for hydroxylation is 1. The van der Waals surface area contributed by atoms with Crippen molar-refractivity contribution in [1.29, 1.82) is 0 Å². The van der Waals surface area contributed by atoms with E-state index in [-0.39, 0.29) is 12.0 Å². The first kappa shape index (κ1) is 14.7. The van der Waals surface area contributed by atoms with Gasteiger partial charge in [-0.05, 0) is 30.0 Å². The van der Waals surface area contributed by atoms with Crippen LogP contribution in [0.15, 0.2) is 24.3 Å². The van der Waals surface area contributed by atoms with Crippen LogP contribution in [0.2, 0.25) is 0 Å². The standard InChI is InChI=1S/C15H23NO2/c1-5-12-8-6-7-9-13(12)14(15(17)18-4)16-10-11(2)3/h6-9,11,14,16H,5,10H2,1-4H3. The molecule has 0 aliphatic rings. The summed E-state index contributed by atoms with van der Waals surface area (Å²) in [5.41, 5.74) is 2.21. The third kappa shape index (κ3) is 3.84. The van der Waals surface area contributed by atoms with E-state index in [0.717, 1.165) is 18.5 Å².